The first-order valence-electron chi connectivity index (χ1n) is 8.63. The van der Waals surface area contributed by atoms with Gasteiger partial charge in [-0.05, 0) is 38.0 Å². The lowest BCUT2D eigenvalue weighted by molar-refractivity contribution is 0.133. The van der Waals surface area contributed by atoms with Crippen LogP contribution in [-0.4, -0.2) is 0 Å². The van der Waals surface area contributed by atoms with Gasteiger partial charge in [-0.1, -0.05) is 75.2 Å². The van der Waals surface area contributed by atoms with Crippen molar-refractivity contribution in [1.82, 2.24) is 0 Å². The fraction of sp³-hybridized carbons (Fsp3) is 0.789. The first-order chi connectivity index (χ1) is 9.27. The Balaban J connectivity index is 1.79. The van der Waals surface area contributed by atoms with Gasteiger partial charge >= 0.3 is 0 Å². The second kappa shape index (κ2) is 5.46. The van der Waals surface area contributed by atoms with Gasteiger partial charge < -0.3 is 0 Å². The maximum Gasteiger partial charge on any atom is 0.0126 e. The van der Waals surface area contributed by atoms with Crippen molar-refractivity contribution >= 4 is 0 Å². The highest BCUT2D eigenvalue weighted by atomic mass is 14.6. The van der Waals surface area contributed by atoms with Gasteiger partial charge in [-0.2, -0.15) is 0 Å². The quantitative estimate of drug-likeness (QED) is 0.455. The summed E-state index contributed by atoms with van der Waals surface area (Å²) in [6.07, 6.45) is 25.1. The van der Waals surface area contributed by atoms with Crippen LogP contribution in [0.15, 0.2) is 23.8 Å². The van der Waals surface area contributed by atoms with Gasteiger partial charge in [-0.15, -0.1) is 0 Å². The molecule has 0 aromatic rings. The van der Waals surface area contributed by atoms with E-state index in [4.69, 9.17) is 0 Å². The number of rotatable bonds is 0. The lowest BCUT2D eigenvalue weighted by Crippen LogP contribution is -2.33. The van der Waals surface area contributed by atoms with Crippen LogP contribution in [0.5, 0.6) is 0 Å². The highest BCUT2D eigenvalue weighted by molar-refractivity contribution is 5.34. The van der Waals surface area contributed by atoms with Gasteiger partial charge in [0.25, 0.3) is 0 Å². The Hall–Kier alpha value is -0.520. The van der Waals surface area contributed by atoms with Crippen molar-refractivity contribution in [3.05, 3.63) is 23.8 Å². The normalized spacial score (nSPS) is 39.9. The number of allylic oxidation sites excluding steroid dienone is 4. The number of hydrogen-bond donors (Lipinski definition) is 0. The van der Waals surface area contributed by atoms with Gasteiger partial charge in [-0.25, -0.2) is 0 Å². The first kappa shape index (κ1) is 13.5. The zero-order valence-electron chi connectivity index (χ0n) is 12.7. The predicted octanol–water partition coefficient (Wildman–Crippen LogP) is 6.18. The van der Waals surface area contributed by atoms with E-state index in [1.54, 1.807) is 5.57 Å². The van der Waals surface area contributed by atoms with Crippen LogP contribution in [0.4, 0.5) is 0 Å². The van der Waals surface area contributed by atoms with Gasteiger partial charge in [0.05, 0.1) is 0 Å². The largest absolute Gasteiger partial charge is 0.0870 e. The minimum atomic E-state index is 0.455. The molecule has 0 spiro atoms. The highest BCUT2D eigenvalue weighted by Gasteiger charge is 2.52. The summed E-state index contributed by atoms with van der Waals surface area (Å²) in [5.74, 6) is 0. The maximum atomic E-state index is 2.66. The summed E-state index contributed by atoms with van der Waals surface area (Å²) in [5.41, 5.74) is 2.71. The van der Waals surface area contributed by atoms with E-state index in [2.05, 4.69) is 25.2 Å². The van der Waals surface area contributed by atoms with Gasteiger partial charge in [0.2, 0.25) is 0 Å². The molecule has 0 radical (unpaired) electrons. The fourth-order valence-electron chi connectivity index (χ4n) is 5.11. The smallest absolute Gasteiger partial charge is 0.0126 e. The Kier molecular flexibility index (Phi) is 3.87. The Morgan fingerprint density at radius 2 is 1.47 bits per heavy atom. The predicted molar refractivity (Wildman–Crippen MR) is 83.2 cm³/mol. The topological polar surface area (TPSA) is 0 Å². The summed E-state index contributed by atoms with van der Waals surface area (Å²) in [5, 5.41) is 0. The average Bonchev–Trinajstić information content (AvgIpc) is 2.80. The van der Waals surface area contributed by atoms with E-state index in [0.29, 0.717) is 10.8 Å². The molecule has 0 bridgehead atoms. The second-order valence-corrected chi connectivity index (χ2v) is 7.42. The van der Waals surface area contributed by atoms with Gasteiger partial charge in [0.1, 0.15) is 0 Å². The van der Waals surface area contributed by atoms with E-state index in [9.17, 15) is 0 Å². The van der Waals surface area contributed by atoms with Gasteiger partial charge in [0, 0.05) is 5.41 Å². The zero-order chi connectivity index (χ0) is 13.2. The summed E-state index contributed by atoms with van der Waals surface area (Å²) in [4.78, 5) is 0. The number of hydrogen-bond acceptors (Lipinski definition) is 0. The monoisotopic (exact) mass is 258 g/mol. The summed E-state index contributed by atoms with van der Waals surface area (Å²) < 4.78 is 0. The first-order valence-corrected chi connectivity index (χ1v) is 8.63. The van der Waals surface area contributed by atoms with E-state index in [0.717, 1.165) is 0 Å². The van der Waals surface area contributed by atoms with Crippen molar-refractivity contribution < 1.29 is 0 Å². The molecule has 0 aromatic heterocycles. The van der Waals surface area contributed by atoms with Crippen LogP contribution >= 0.6 is 0 Å². The van der Waals surface area contributed by atoms with Gasteiger partial charge in [-0.3, -0.25) is 0 Å². The average molecular weight is 258 g/mol. The van der Waals surface area contributed by atoms with E-state index < -0.39 is 0 Å². The van der Waals surface area contributed by atoms with Crippen LogP contribution in [-0.2, 0) is 0 Å². The SMILES string of the molecule is CC1=C[C@@]23C=CC[C@@]2(CCCCCCCCCC3)C1. The summed E-state index contributed by atoms with van der Waals surface area (Å²) in [6.45, 7) is 2.37. The Morgan fingerprint density at radius 3 is 2.21 bits per heavy atom. The molecule has 0 aromatic carbocycles. The molecule has 106 valence electrons. The molecule has 0 amide bonds. The molecule has 0 N–H and O–H groups in total. The van der Waals surface area contributed by atoms with Crippen LogP contribution in [0.25, 0.3) is 0 Å². The molecular formula is C19H30. The van der Waals surface area contributed by atoms with E-state index in [1.807, 2.05) is 0 Å². The van der Waals surface area contributed by atoms with Crippen LogP contribution < -0.4 is 0 Å². The summed E-state index contributed by atoms with van der Waals surface area (Å²) in [6, 6.07) is 0. The Labute approximate surface area is 119 Å². The van der Waals surface area contributed by atoms with E-state index >= 15 is 0 Å². The molecule has 1 saturated carbocycles. The third kappa shape index (κ3) is 2.43. The minimum Gasteiger partial charge on any atom is -0.0870 e. The molecular weight excluding hydrogens is 228 g/mol. The van der Waals surface area contributed by atoms with Crippen molar-refractivity contribution in [2.45, 2.75) is 84.0 Å². The standard InChI is InChI=1S/C19H30/c1-17-15-18-11-8-6-4-2-3-5-7-9-12-19(18,16-17)14-10-13-18/h10,13,15H,2-9,11-12,14,16H2,1H3/t18-,19+/m1/s1. The van der Waals surface area contributed by atoms with Crippen molar-refractivity contribution in [1.29, 1.82) is 0 Å². The van der Waals surface area contributed by atoms with E-state index in [-0.39, 0.29) is 0 Å². The van der Waals surface area contributed by atoms with Crippen LogP contribution in [0, 0.1) is 10.8 Å². The summed E-state index contributed by atoms with van der Waals surface area (Å²) >= 11 is 0. The molecule has 0 saturated heterocycles. The fourth-order valence-corrected chi connectivity index (χ4v) is 5.11. The van der Waals surface area contributed by atoms with Gasteiger partial charge in [0.15, 0.2) is 0 Å². The molecule has 0 nitrogen and oxygen atoms in total. The molecule has 2 atom stereocenters. The zero-order valence-corrected chi connectivity index (χ0v) is 12.7. The minimum absolute atomic E-state index is 0.455. The molecule has 0 unspecified atom stereocenters. The van der Waals surface area contributed by atoms with Crippen molar-refractivity contribution in [2.75, 3.05) is 0 Å². The van der Waals surface area contributed by atoms with Crippen molar-refractivity contribution in [2.24, 2.45) is 10.8 Å². The maximum absolute atomic E-state index is 2.66. The molecule has 0 heterocycles. The Bertz CT molecular complexity index is 375. The molecule has 0 heteroatoms. The molecule has 0 aliphatic heterocycles. The van der Waals surface area contributed by atoms with E-state index in [1.165, 1.54) is 77.0 Å². The van der Waals surface area contributed by atoms with Crippen molar-refractivity contribution in [3.8, 4) is 0 Å². The molecule has 19 heavy (non-hydrogen) atoms. The molecule has 3 aliphatic carbocycles. The highest BCUT2D eigenvalue weighted by Crippen LogP contribution is 2.63. The third-order valence-corrected chi connectivity index (χ3v) is 6.03. The molecule has 3 rings (SSSR count). The second-order valence-electron chi connectivity index (χ2n) is 7.42. The van der Waals surface area contributed by atoms with Crippen LogP contribution in [0.3, 0.4) is 0 Å². The molecule has 1 fully saturated rings. The molecule has 3 aliphatic rings. The van der Waals surface area contributed by atoms with Crippen molar-refractivity contribution in [3.63, 3.8) is 0 Å². The summed E-state index contributed by atoms with van der Waals surface area (Å²) in [7, 11) is 0. The Morgan fingerprint density at radius 1 is 0.842 bits per heavy atom. The third-order valence-electron chi connectivity index (χ3n) is 6.03. The lowest BCUT2D eigenvalue weighted by Gasteiger charge is -2.41. The van der Waals surface area contributed by atoms with Crippen LogP contribution in [0.2, 0.25) is 0 Å². The van der Waals surface area contributed by atoms with Crippen LogP contribution in [0.1, 0.15) is 84.0 Å². The lowest BCUT2D eigenvalue weighted by atomic mass is 9.62.